The molecule has 3 rings (SSSR count). The highest BCUT2D eigenvalue weighted by molar-refractivity contribution is 9.10. The molecular weight excluding hydrogens is 337 g/mol. The van der Waals surface area contributed by atoms with Crippen LogP contribution in [0.15, 0.2) is 40.9 Å². The van der Waals surface area contributed by atoms with Gasteiger partial charge in [-0.25, -0.2) is 4.39 Å². The molecule has 0 unspecified atom stereocenters. The van der Waals surface area contributed by atoms with Crippen LogP contribution < -0.4 is 14.8 Å². The van der Waals surface area contributed by atoms with Crippen molar-refractivity contribution in [2.45, 2.75) is 13.0 Å². The molecule has 0 radical (unpaired) electrons. The van der Waals surface area contributed by atoms with Crippen molar-refractivity contribution >= 4 is 21.6 Å². The Kier molecular flexibility index (Phi) is 4.29. The first-order valence-electron chi connectivity index (χ1n) is 6.80. The molecule has 1 aliphatic heterocycles. The number of benzene rings is 2. The number of anilines is 1. The molecule has 0 bridgehead atoms. The fourth-order valence-electron chi connectivity index (χ4n) is 2.13. The number of halogens is 2. The molecule has 0 aromatic heterocycles. The van der Waals surface area contributed by atoms with Gasteiger partial charge in [0.25, 0.3) is 0 Å². The predicted octanol–water partition coefficient (Wildman–Crippen LogP) is 4.36. The molecule has 0 spiro atoms. The van der Waals surface area contributed by atoms with Crippen molar-refractivity contribution in [3.63, 3.8) is 0 Å². The summed E-state index contributed by atoms with van der Waals surface area (Å²) in [5.74, 6) is 1.31. The normalized spacial score (nSPS) is 13.6. The van der Waals surface area contributed by atoms with Gasteiger partial charge in [0.05, 0.1) is 17.7 Å². The van der Waals surface area contributed by atoms with Crippen molar-refractivity contribution < 1.29 is 13.9 Å². The van der Waals surface area contributed by atoms with Crippen LogP contribution in [-0.4, -0.2) is 13.2 Å². The molecule has 3 nitrogen and oxygen atoms in total. The third-order valence-electron chi connectivity index (χ3n) is 3.23. The summed E-state index contributed by atoms with van der Waals surface area (Å²) in [4.78, 5) is 0. The number of hydrogen-bond acceptors (Lipinski definition) is 3. The summed E-state index contributed by atoms with van der Waals surface area (Å²) in [6.45, 7) is 2.00. The Morgan fingerprint density at radius 2 is 1.86 bits per heavy atom. The third-order valence-corrected chi connectivity index (χ3v) is 3.84. The van der Waals surface area contributed by atoms with Crippen LogP contribution in [0.4, 0.5) is 10.1 Å². The SMILES string of the molecule is Fc1ccc(NCc2ccc3c(c2)OCCCO3)cc1Br. The van der Waals surface area contributed by atoms with E-state index in [4.69, 9.17) is 9.47 Å². The summed E-state index contributed by atoms with van der Waals surface area (Å²) < 4.78 is 24.9. The Morgan fingerprint density at radius 1 is 1.05 bits per heavy atom. The second-order valence-electron chi connectivity index (χ2n) is 4.81. The molecule has 0 amide bonds. The van der Waals surface area contributed by atoms with Crippen LogP contribution in [0.2, 0.25) is 0 Å². The average molecular weight is 352 g/mol. The van der Waals surface area contributed by atoms with Gasteiger partial charge in [-0.1, -0.05) is 6.07 Å². The van der Waals surface area contributed by atoms with Crippen LogP contribution in [0, 0.1) is 5.82 Å². The molecule has 0 aliphatic carbocycles. The van der Waals surface area contributed by atoms with Crippen molar-refractivity contribution in [3.05, 3.63) is 52.3 Å². The smallest absolute Gasteiger partial charge is 0.161 e. The first kappa shape index (κ1) is 14.2. The van der Waals surface area contributed by atoms with Gasteiger partial charge in [-0.05, 0) is 51.8 Å². The maximum absolute atomic E-state index is 13.2. The Hall–Kier alpha value is -1.75. The van der Waals surface area contributed by atoms with E-state index in [1.807, 2.05) is 18.2 Å². The van der Waals surface area contributed by atoms with Gasteiger partial charge in [-0.2, -0.15) is 0 Å². The van der Waals surface area contributed by atoms with E-state index in [0.717, 1.165) is 29.2 Å². The van der Waals surface area contributed by atoms with Crippen LogP contribution >= 0.6 is 15.9 Å². The number of ether oxygens (including phenoxy) is 2. The van der Waals surface area contributed by atoms with E-state index in [1.54, 1.807) is 12.1 Å². The van der Waals surface area contributed by atoms with Crippen molar-refractivity contribution in [1.82, 2.24) is 0 Å². The topological polar surface area (TPSA) is 30.5 Å². The van der Waals surface area contributed by atoms with Crippen LogP contribution in [0.5, 0.6) is 11.5 Å². The number of rotatable bonds is 3. The highest BCUT2D eigenvalue weighted by Gasteiger charge is 2.10. The van der Waals surface area contributed by atoms with Gasteiger partial charge in [0.1, 0.15) is 5.82 Å². The van der Waals surface area contributed by atoms with E-state index < -0.39 is 0 Å². The largest absolute Gasteiger partial charge is 0.490 e. The molecule has 1 aliphatic rings. The van der Waals surface area contributed by atoms with Crippen molar-refractivity contribution in [1.29, 1.82) is 0 Å². The van der Waals surface area contributed by atoms with E-state index >= 15 is 0 Å². The Labute approximate surface area is 131 Å². The molecule has 0 fully saturated rings. The number of hydrogen-bond donors (Lipinski definition) is 1. The Bertz CT molecular complexity index is 648. The molecule has 1 N–H and O–H groups in total. The quantitative estimate of drug-likeness (QED) is 0.890. The highest BCUT2D eigenvalue weighted by atomic mass is 79.9. The van der Waals surface area contributed by atoms with E-state index in [9.17, 15) is 4.39 Å². The molecule has 0 saturated heterocycles. The number of nitrogens with one attached hydrogen (secondary N) is 1. The molecule has 1 heterocycles. The zero-order valence-corrected chi connectivity index (χ0v) is 13.0. The summed E-state index contributed by atoms with van der Waals surface area (Å²) in [7, 11) is 0. The minimum Gasteiger partial charge on any atom is -0.490 e. The van der Waals surface area contributed by atoms with Gasteiger partial charge >= 0.3 is 0 Å². The van der Waals surface area contributed by atoms with E-state index in [2.05, 4.69) is 21.2 Å². The summed E-state index contributed by atoms with van der Waals surface area (Å²) in [6, 6.07) is 10.8. The fraction of sp³-hybridized carbons (Fsp3) is 0.250. The summed E-state index contributed by atoms with van der Waals surface area (Å²) in [5.41, 5.74) is 1.94. The first-order valence-corrected chi connectivity index (χ1v) is 7.59. The molecule has 21 heavy (non-hydrogen) atoms. The molecule has 2 aromatic carbocycles. The monoisotopic (exact) mass is 351 g/mol. The molecule has 0 saturated carbocycles. The lowest BCUT2D eigenvalue weighted by atomic mass is 10.2. The summed E-state index contributed by atoms with van der Waals surface area (Å²) in [5, 5.41) is 3.26. The van der Waals surface area contributed by atoms with Gasteiger partial charge < -0.3 is 14.8 Å². The Balaban J connectivity index is 1.70. The standard InChI is InChI=1S/C16H15BrFNO2/c17-13-9-12(3-4-14(13)18)19-10-11-2-5-15-16(8-11)21-7-1-6-20-15/h2-5,8-9,19H,1,6-7,10H2. The van der Waals surface area contributed by atoms with Crippen molar-refractivity contribution in [2.24, 2.45) is 0 Å². The van der Waals surface area contributed by atoms with Crippen LogP contribution in [0.25, 0.3) is 0 Å². The maximum atomic E-state index is 13.2. The van der Waals surface area contributed by atoms with Gasteiger partial charge in [-0.15, -0.1) is 0 Å². The third kappa shape index (κ3) is 3.47. The van der Waals surface area contributed by atoms with E-state index in [1.165, 1.54) is 6.07 Å². The van der Waals surface area contributed by atoms with Crippen LogP contribution in [-0.2, 0) is 6.54 Å². The lowest BCUT2D eigenvalue weighted by molar-refractivity contribution is 0.297. The first-order chi connectivity index (χ1) is 10.2. The van der Waals surface area contributed by atoms with Gasteiger partial charge in [0, 0.05) is 18.7 Å². The molecule has 110 valence electrons. The van der Waals surface area contributed by atoms with Crippen molar-refractivity contribution in [2.75, 3.05) is 18.5 Å². The molecule has 5 heteroatoms. The fourth-order valence-corrected chi connectivity index (χ4v) is 2.51. The number of fused-ring (bicyclic) bond motifs is 1. The Morgan fingerprint density at radius 3 is 2.67 bits per heavy atom. The highest BCUT2D eigenvalue weighted by Crippen LogP contribution is 2.30. The van der Waals surface area contributed by atoms with Gasteiger partial charge in [-0.3, -0.25) is 0 Å². The second-order valence-corrected chi connectivity index (χ2v) is 5.67. The minimum atomic E-state index is -0.267. The minimum absolute atomic E-state index is 0.267. The van der Waals surface area contributed by atoms with Crippen LogP contribution in [0.1, 0.15) is 12.0 Å². The summed E-state index contributed by atoms with van der Waals surface area (Å²) >= 11 is 3.18. The van der Waals surface area contributed by atoms with Gasteiger partial charge in [0.2, 0.25) is 0 Å². The predicted molar refractivity (Wildman–Crippen MR) is 83.5 cm³/mol. The molecule has 2 aromatic rings. The maximum Gasteiger partial charge on any atom is 0.161 e. The zero-order valence-electron chi connectivity index (χ0n) is 11.4. The van der Waals surface area contributed by atoms with Crippen LogP contribution in [0.3, 0.4) is 0 Å². The lowest BCUT2D eigenvalue weighted by Crippen LogP contribution is -2.01. The van der Waals surface area contributed by atoms with Crippen molar-refractivity contribution in [3.8, 4) is 11.5 Å². The molecule has 0 atom stereocenters. The van der Waals surface area contributed by atoms with E-state index in [-0.39, 0.29) is 5.82 Å². The summed E-state index contributed by atoms with van der Waals surface area (Å²) in [6.07, 6.45) is 0.895. The second kappa shape index (κ2) is 6.35. The average Bonchev–Trinajstić information content (AvgIpc) is 2.73. The van der Waals surface area contributed by atoms with Gasteiger partial charge in [0.15, 0.2) is 11.5 Å². The lowest BCUT2D eigenvalue weighted by Gasteiger charge is -2.11. The van der Waals surface area contributed by atoms with E-state index in [0.29, 0.717) is 24.2 Å². The molecular formula is C16H15BrFNO2. The zero-order chi connectivity index (χ0) is 14.7.